The number of unbranched alkanes of at least 4 members (excludes halogenated alkanes) is 1. The van der Waals surface area contributed by atoms with Gasteiger partial charge in [0.15, 0.2) is 5.96 Å². The van der Waals surface area contributed by atoms with Gasteiger partial charge in [0.05, 0.1) is 13.2 Å². The summed E-state index contributed by atoms with van der Waals surface area (Å²) in [4.78, 5) is 6.52. The standard InChI is InChI=1S/C16H36N4O3.HI/c1-17-16(18-8-5-6-13-23-15-14-22-4)19-9-11-20(2)10-7-12-21-3;/h5-15H2,1-4H3,(H2,17,18,19);1H. The Hall–Kier alpha value is -0.160. The summed E-state index contributed by atoms with van der Waals surface area (Å²) in [6.07, 6.45) is 3.16. The monoisotopic (exact) mass is 460 g/mol. The van der Waals surface area contributed by atoms with Gasteiger partial charge in [0, 0.05) is 60.7 Å². The van der Waals surface area contributed by atoms with Crippen molar-refractivity contribution < 1.29 is 14.2 Å². The van der Waals surface area contributed by atoms with Crippen LogP contribution in [0.3, 0.4) is 0 Å². The average molecular weight is 460 g/mol. The molecule has 0 aliphatic rings. The lowest BCUT2D eigenvalue weighted by Crippen LogP contribution is -2.41. The van der Waals surface area contributed by atoms with E-state index in [1.165, 1.54) is 0 Å². The molecule has 2 N–H and O–H groups in total. The molecule has 0 saturated carbocycles. The van der Waals surface area contributed by atoms with Gasteiger partial charge in [-0.25, -0.2) is 0 Å². The average Bonchev–Trinajstić information content (AvgIpc) is 2.55. The molecule has 0 aromatic heterocycles. The maximum absolute atomic E-state index is 5.43. The molecule has 0 aliphatic heterocycles. The minimum atomic E-state index is 0. The van der Waals surface area contributed by atoms with Gasteiger partial charge in [-0.1, -0.05) is 0 Å². The number of likely N-dealkylation sites (N-methyl/N-ethyl adjacent to an activating group) is 1. The fourth-order valence-corrected chi connectivity index (χ4v) is 1.96. The van der Waals surface area contributed by atoms with E-state index in [0.717, 1.165) is 64.6 Å². The summed E-state index contributed by atoms with van der Waals surface area (Å²) >= 11 is 0. The molecule has 7 nitrogen and oxygen atoms in total. The maximum Gasteiger partial charge on any atom is 0.191 e. The summed E-state index contributed by atoms with van der Waals surface area (Å²) in [7, 11) is 7.34. The van der Waals surface area contributed by atoms with Crippen LogP contribution in [0.15, 0.2) is 4.99 Å². The highest BCUT2D eigenvalue weighted by Crippen LogP contribution is 1.89. The van der Waals surface area contributed by atoms with Gasteiger partial charge in [-0.05, 0) is 26.3 Å². The zero-order valence-electron chi connectivity index (χ0n) is 15.8. The Morgan fingerprint density at radius 1 is 0.875 bits per heavy atom. The molecule has 0 atom stereocenters. The van der Waals surface area contributed by atoms with E-state index < -0.39 is 0 Å². The van der Waals surface area contributed by atoms with Crippen molar-refractivity contribution in [1.29, 1.82) is 0 Å². The number of hydrogen-bond acceptors (Lipinski definition) is 5. The summed E-state index contributed by atoms with van der Waals surface area (Å²) in [6, 6.07) is 0. The third-order valence-electron chi connectivity index (χ3n) is 3.34. The lowest BCUT2D eigenvalue weighted by Gasteiger charge is -2.18. The Labute approximate surface area is 164 Å². The fourth-order valence-electron chi connectivity index (χ4n) is 1.96. The molecule has 0 aromatic rings. The fraction of sp³-hybridized carbons (Fsp3) is 0.938. The lowest BCUT2D eigenvalue weighted by molar-refractivity contribution is 0.0689. The van der Waals surface area contributed by atoms with Gasteiger partial charge in [-0.15, -0.1) is 24.0 Å². The van der Waals surface area contributed by atoms with Crippen molar-refractivity contribution in [2.75, 3.05) is 80.9 Å². The maximum atomic E-state index is 5.43. The van der Waals surface area contributed by atoms with Crippen LogP contribution in [0, 0.1) is 0 Å². The molecule has 0 radical (unpaired) electrons. The van der Waals surface area contributed by atoms with Gasteiger partial charge >= 0.3 is 0 Å². The second kappa shape index (κ2) is 20.9. The molecule has 0 aliphatic carbocycles. The van der Waals surface area contributed by atoms with E-state index in [1.54, 1.807) is 21.3 Å². The van der Waals surface area contributed by atoms with E-state index in [0.29, 0.717) is 13.2 Å². The van der Waals surface area contributed by atoms with E-state index >= 15 is 0 Å². The summed E-state index contributed by atoms with van der Waals surface area (Å²) in [5.74, 6) is 0.857. The highest BCUT2D eigenvalue weighted by Gasteiger charge is 2.00. The predicted molar refractivity (Wildman–Crippen MR) is 111 cm³/mol. The number of guanidine groups is 1. The van der Waals surface area contributed by atoms with Gasteiger partial charge in [-0.2, -0.15) is 0 Å². The molecule has 0 aromatic carbocycles. The third kappa shape index (κ3) is 18.2. The molecule has 0 saturated heterocycles. The molecular formula is C16H37IN4O3. The van der Waals surface area contributed by atoms with Crippen LogP contribution in [0.5, 0.6) is 0 Å². The van der Waals surface area contributed by atoms with Crippen molar-refractivity contribution in [2.45, 2.75) is 19.3 Å². The summed E-state index contributed by atoms with van der Waals surface area (Å²) in [5.41, 5.74) is 0. The predicted octanol–water partition coefficient (Wildman–Crippen LogP) is 1.18. The quantitative estimate of drug-likeness (QED) is 0.166. The van der Waals surface area contributed by atoms with Gasteiger partial charge < -0.3 is 29.7 Å². The van der Waals surface area contributed by atoms with E-state index in [2.05, 4.69) is 27.6 Å². The second-order valence-electron chi connectivity index (χ2n) is 5.39. The van der Waals surface area contributed by atoms with Crippen LogP contribution in [-0.2, 0) is 14.2 Å². The molecule has 146 valence electrons. The smallest absolute Gasteiger partial charge is 0.191 e. The lowest BCUT2D eigenvalue weighted by atomic mass is 10.3. The first-order chi connectivity index (χ1) is 11.2. The molecule has 0 fully saturated rings. The molecule has 0 bridgehead atoms. The first kappa shape index (κ1) is 26.1. The molecule has 0 spiro atoms. The number of nitrogens with one attached hydrogen (secondary N) is 2. The van der Waals surface area contributed by atoms with Crippen LogP contribution in [-0.4, -0.2) is 91.8 Å². The van der Waals surface area contributed by atoms with Crippen molar-refractivity contribution in [2.24, 2.45) is 4.99 Å². The van der Waals surface area contributed by atoms with E-state index in [1.807, 2.05) is 0 Å². The van der Waals surface area contributed by atoms with Gasteiger partial charge in [0.2, 0.25) is 0 Å². The minimum Gasteiger partial charge on any atom is -0.385 e. The topological polar surface area (TPSA) is 67.4 Å². The first-order valence-electron chi connectivity index (χ1n) is 8.43. The van der Waals surface area contributed by atoms with Crippen molar-refractivity contribution in [3.8, 4) is 0 Å². The zero-order chi connectivity index (χ0) is 17.2. The molecule has 0 unspecified atom stereocenters. The number of ether oxygens (including phenoxy) is 3. The number of halogens is 1. The summed E-state index contributed by atoms with van der Waals surface area (Å²) in [5, 5.41) is 6.65. The SMILES string of the molecule is CN=C(NCCCCOCCOC)NCCN(C)CCCOC.I. The van der Waals surface area contributed by atoms with E-state index in [4.69, 9.17) is 14.2 Å². The van der Waals surface area contributed by atoms with Crippen LogP contribution in [0.2, 0.25) is 0 Å². The Morgan fingerprint density at radius 2 is 1.58 bits per heavy atom. The molecule has 8 heteroatoms. The summed E-state index contributed by atoms with van der Waals surface area (Å²) in [6.45, 7) is 6.74. The second-order valence-corrected chi connectivity index (χ2v) is 5.39. The number of methoxy groups -OCH3 is 2. The van der Waals surface area contributed by atoms with Crippen molar-refractivity contribution in [3.05, 3.63) is 0 Å². The summed E-state index contributed by atoms with van der Waals surface area (Å²) < 4.78 is 15.4. The van der Waals surface area contributed by atoms with Crippen molar-refractivity contribution in [1.82, 2.24) is 15.5 Å². The third-order valence-corrected chi connectivity index (χ3v) is 3.34. The Balaban J connectivity index is 0. The molecule has 0 amide bonds. The normalized spacial score (nSPS) is 11.5. The highest BCUT2D eigenvalue weighted by molar-refractivity contribution is 14.0. The van der Waals surface area contributed by atoms with E-state index in [9.17, 15) is 0 Å². The molecule has 24 heavy (non-hydrogen) atoms. The Morgan fingerprint density at radius 3 is 2.25 bits per heavy atom. The van der Waals surface area contributed by atoms with Crippen LogP contribution >= 0.6 is 24.0 Å². The highest BCUT2D eigenvalue weighted by atomic mass is 127. The van der Waals surface area contributed by atoms with Crippen LogP contribution in [0.4, 0.5) is 0 Å². The number of rotatable bonds is 15. The molecular weight excluding hydrogens is 423 g/mol. The van der Waals surface area contributed by atoms with Crippen LogP contribution < -0.4 is 10.6 Å². The minimum absolute atomic E-state index is 0. The molecule has 0 heterocycles. The number of hydrogen-bond donors (Lipinski definition) is 2. The van der Waals surface area contributed by atoms with Gasteiger partial charge in [0.25, 0.3) is 0 Å². The van der Waals surface area contributed by atoms with E-state index in [-0.39, 0.29) is 24.0 Å². The molecule has 0 rings (SSSR count). The number of nitrogens with zero attached hydrogens (tertiary/aromatic N) is 2. The number of aliphatic imine (C=N–C) groups is 1. The van der Waals surface area contributed by atoms with Crippen LogP contribution in [0.1, 0.15) is 19.3 Å². The Bertz CT molecular complexity index is 284. The van der Waals surface area contributed by atoms with Crippen molar-refractivity contribution >= 4 is 29.9 Å². The van der Waals surface area contributed by atoms with Crippen molar-refractivity contribution in [3.63, 3.8) is 0 Å². The largest absolute Gasteiger partial charge is 0.385 e. The first-order valence-corrected chi connectivity index (χ1v) is 8.43. The van der Waals surface area contributed by atoms with Gasteiger partial charge in [-0.3, -0.25) is 4.99 Å². The zero-order valence-corrected chi connectivity index (χ0v) is 18.1. The van der Waals surface area contributed by atoms with Gasteiger partial charge in [0.1, 0.15) is 0 Å². The van der Waals surface area contributed by atoms with Crippen LogP contribution in [0.25, 0.3) is 0 Å². The Kier molecular flexibility index (Phi) is 22.7.